The summed E-state index contributed by atoms with van der Waals surface area (Å²) in [5.41, 5.74) is -3.24. The molecule has 0 unspecified atom stereocenters. The van der Waals surface area contributed by atoms with Gasteiger partial charge in [-0.05, 0) is 6.92 Å². The Labute approximate surface area is 208 Å². The van der Waals surface area contributed by atoms with E-state index in [0.717, 1.165) is 35.7 Å². The van der Waals surface area contributed by atoms with Crippen molar-refractivity contribution in [2.45, 2.75) is 6.92 Å². The molecule has 37 heavy (non-hydrogen) atoms. The molecule has 0 bridgehead atoms. The average Bonchev–Trinajstić information content (AvgIpc) is 2.71. The van der Waals surface area contributed by atoms with Crippen molar-refractivity contribution in [2.24, 2.45) is 0 Å². The van der Waals surface area contributed by atoms with Crippen molar-refractivity contribution >= 4 is 46.1 Å². The van der Waals surface area contributed by atoms with Gasteiger partial charge in [0, 0.05) is 30.2 Å². The van der Waals surface area contributed by atoms with Crippen LogP contribution in [0, 0.1) is 40.5 Å². The summed E-state index contributed by atoms with van der Waals surface area (Å²) in [6.07, 6.45) is 0. The summed E-state index contributed by atoms with van der Waals surface area (Å²) >= 11 is 0. The number of amides is 2. The van der Waals surface area contributed by atoms with Crippen LogP contribution in [0.1, 0.15) is 6.92 Å². The second-order valence-corrected chi connectivity index (χ2v) is 8.26. The van der Waals surface area contributed by atoms with Gasteiger partial charge >= 0.3 is 6.03 Å². The number of carbonyl (C=O) groups is 2. The van der Waals surface area contributed by atoms with Gasteiger partial charge in [0.2, 0.25) is 0 Å². The molecule has 0 aromatic heterocycles. The van der Waals surface area contributed by atoms with Gasteiger partial charge in [0.25, 0.3) is 22.7 Å². The minimum absolute atomic E-state index is 0.307. The van der Waals surface area contributed by atoms with E-state index in [1.165, 1.54) is 0 Å². The Morgan fingerprint density at radius 2 is 0.811 bits per heavy atom. The smallest absolute Gasteiger partial charge is 0.323 e. The van der Waals surface area contributed by atoms with Crippen LogP contribution in [0.25, 0.3) is 0 Å². The summed E-state index contributed by atoms with van der Waals surface area (Å²) in [7, 11) is 8.50. The zero-order valence-electron chi connectivity index (χ0n) is 20.2. The van der Waals surface area contributed by atoms with E-state index in [2.05, 4.69) is 38.8 Å². The Hall–Kier alpha value is -5.26. The van der Waals surface area contributed by atoms with Gasteiger partial charge < -0.3 is 25.0 Å². The maximum absolute atomic E-state index is 12.0. The van der Waals surface area contributed by atoms with Crippen molar-refractivity contribution in [1.82, 2.24) is 0 Å². The van der Waals surface area contributed by atoms with Crippen LogP contribution >= 0.6 is 0 Å². The number of carboxylic acids is 1. The number of nitro groups is 4. The van der Waals surface area contributed by atoms with Gasteiger partial charge in [0.15, 0.2) is 0 Å². The number of hydrogen-bond donors (Lipinski definition) is 2. The third kappa shape index (κ3) is 13.9. The minimum atomic E-state index is -1.09. The van der Waals surface area contributed by atoms with Crippen molar-refractivity contribution in [1.29, 1.82) is 0 Å². The highest BCUT2D eigenvalue weighted by atomic mass is 16.6. The summed E-state index contributed by atoms with van der Waals surface area (Å²) in [6, 6.07) is 3.68. The third-order valence-electron chi connectivity index (χ3n) is 3.16. The van der Waals surface area contributed by atoms with Crippen molar-refractivity contribution in [2.75, 3.05) is 38.8 Å². The second-order valence-electron chi connectivity index (χ2n) is 8.26. The lowest BCUT2D eigenvalue weighted by Crippen LogP contribution is -2.27. The molecule has 2 N–H and O–H groups in total. The SMILES string of the molecule is CC(=O)[O-].C[N+](C)(C)C.O=C(Nc1cc([N+](=O)[O-])cc([N+](=O)[O-])c1)Nc1cc([N+](=O)[O-])cc([N+](=O)[O-])c1. The Bertz CT molecular complexity index is 1060. The van der Waals surface area contributed by atoms with E-state index in [0.29, 0.717) is 12.1 Å². The lowest BCUT2D eigenvalue weighted by atomic mass is 10.2. The van der Waals surface area contributed by atoms with Gasteiger partial charge in [-0.15, -0.1) is 0 Å². The number of non-ortho nitro benzene ring substituents is 4. The van der Waals surface area contributed by atoms with Gasteiger partial charge in [-0.3, -0.25) is 40.5 Å². The van der Waals surface area contributed by atoms with Gasteiger partial charge in [0.05, 0.1) is 71.4 Å². The molecule has 0 saturated heterocycles. The first-order valence-electron chi connectivity index (χ1n) is 9.72. The normalized spacial score (nSPS) is 9.86. The molecule has 0 atom stereocenters. The number of anilines is 2. The van der Waals surface area contributed by atoms with E-state index >= 15 is 0 Å². The van der Waals surface area contributed by atoms with E-state index in [1.807, 2.05) is 0 Å². The first-order chi connectivity index (χ1) is 16.8. The third-order valence-corrected chi connectivity index (χ3v) is 3.16. The Kier molecular flexibility index (Phi) is 11.7. The molecular weight excluding hydrogens is 502 g/mol. The lowest BCUT2D eigenvalue weighted by Gasteiger charge is -2.14. The summed E-state index contributed by atoms with van der Waals surface area (Å²) < 4.78 is 1.00. The second kappa shape index (κ2) is 13.6. The predicted octanol–water partition coefficient (Wildman–Crippen LogP) is 2.04. The van der Waals surface area contributed by atoms with Crippen LogP contribution in [0.5, 0.6) is 0 Å². The van der Waals surface area contributed by atoms with E-state index in [9.17, 15) is 45.3 Å². The molecule has 0 aliphatic heterocycles. The highest BCUT2D eigenvalue weighted by Crippen LogP contribution is 2.28. The quantitative estimate of drug-likeness (QED) is 0.313. The lowest BCUT2D eigenvalue weighted by molar-refractivity contribution is -0.849. The van der Waals surface area contributed by atoms with Crippen LogP contribution in [0.4, 0.5) is 38.9 Å². The number of carbonyl (C=O) groups excluding carboxylic acids is 2. The van der Waals surface area contributed by atoms with Crippen LogP contribution in [0.2, 0.25) is 0 Å². The predicted molar refractivity (Wildman–Crippen MR) is 127 cm³/mol. The molecule has 2 rings (SSSR count). The minimum Gasteiger partial charge on any atom is -0.550 e. The van der Waals surface area contributed by atoms with Gasteiger partial charge in [-0.1, -0.05) is 0 Å². The van der Waals surface area contributed by atoms with Crippen LogP contribution in [-0.2, 0) is 4.79 Å². The molecule has 0 aliphatic rings. The summed E-state index contributed by atoms with van der Waals surface area (Å²) in [4.78, 5) is 60.6. The van der Waals surface area contributed by atoms with Crippen LogP contribution < -0.4 is 15.7 Å². The molecule has 18 heteroatoms. The number of rotatable bonds is 6. The standard InChI is InChI=1S/C13H8N6O9.C4H12N.C2H4O2/c20-13(14-7-1-9(16(21)22)5-10(2-7)17(23)24)15-8-3-11(18(25)26)6-12(4-8)19(27)28;1-5(2,3)4;1-2(3)4/h1-6H,(H2,14,15,20);1-4H3;1H3,(H,3,4)/q;+1;/p-1. The van der Waals surface area contributed by atoms with Gasteiger partial charge in [0.1, 0.15) is 0 Å². The maximum Gasteiger partial charge on any atom is 0.323 e. The van der Waals surface area contributed by atoms with Crippen molar-refractivity contribution in [3.05, 3.63) is 76.9 Å². The number of carboxylic acid groups (broad SMARTS) is 1. The summed E-state index contributed by atoms with van der Waals surface area (Å²) in [6.45, 7) is 0.972. The Morgan fingerprint density at radius 1 is 0.622 bits per heavy atom. The van der Waals surface area contributed by atoms with E-state index in [4.69, 9.17) is 9.90 Å². The molecule has 0 fully saturated rings. The molecule has 0 aliphatic carbocycles. The molecular formula is C19H23N7O11. The Balaban J connectivity index is 0.00000124. The Morgan fingerprint density at radius 3 is 0.973 bits per heavy atom. The van der Waals surface area contributed by atoms with Gasteiger partial charge in [-0.25, -0.2) is 4.79 Å². The molecule has 2 amide bonds. The summed E-state index contributed by atoms with van der Waals surface area (Å²) in [5.74, 6) is -1.08. The largest absolute Gasteiger partial charge is 0.550 e. The number of hydrogen-bond acceptors (Lipinski definition) is 11. The van der Waals surface area contributed by atoms with Crippen molar-refractivity contribution < 1.29 is 38.9 Å². The van der Waals surface area contributed by atoms with E-state index in [1.54, 1.807) is 0 Å². The number of benzene rings is 2. The number of nitrogens with zero attached hydrogens (tertiary/aromatic N) is 5. The zero-order valence-corrected chi connectivity index (χ0v) is 20.2. The van der Waals surface area contributed by atoms with Crippen LogP contribution in [-0.4, -0.2) is 64.4 Å². The molecule has 0 saturated carbocycles. The maximum atomic E-state index is 12.0. The van der Waals surface area contributed by atoms with Crippen molar-refractivity contribution in [3.8, 4) is 0 Å². The van der Waals surface area contributed by atoms with Crippen LogP contribution in [0.15, 0.2) is 36.4 Å². The van der Waals surface area contributed by atoms with Crippen molar-refractivity contribution in [3.63, 3.8) is 0 Å². The van der Waals surface area contributed by atoms with Gasteiger partial charge in [-0.2, -0.15) is 0 Å². The van der Waals surface area contributed by atoms with Crippen LogP contribution in [0.3, 0.4) is 0 Å². The van der Waals surface area contributed by atoms with E-state index < -0.39 is 54.4 Å². The molecule has 2 aromatic carbocycles. The summed E-state index contributed by atoms with van der Waals surface area (Å²) in [5, 5.41) is 56.4. The number of nitrogens with one attached hydrogen (secondary N) is 2. The fourth-order valence-electron chi connectivity index (χ4n) is 2.05. The highest BCUT2D eigenvalue weighted by Gasteiger charge is 2.20. The highest BCUT2D eigenvalue weighted by molar-refractivity contribution is 6.00. The number of nitro benzene ring substituents is 4. The molecule has 200 valence electrons. The zero-order chi connectivity index (χ0) is 29.1. The van der Waals surface area contributed by atoms with E-state index in [-0.39, 0.29) is 11.4 Å². The first-order valence-corrected chi connectivity index (χ1v) is 9.72. The molecule has 0 heterocycles. The monoisotopic (exact) mass is 525 g/mol. The molecule has 0 radical (unpaired) electrons. The number of aliphatic carboxylic acids is 1. The fourth-order valence-corrected chi connectivity index (χ4v) is 2.05. The number of quaternary nitrogens is 1. The first kappa shape index (κ1) is 31.7. The average molecular weight is 525 g/mol. The number of urea groups is 1. The molecule has 0 spiro atoms. The molecule has 2 aromatic rings. The fraction of sp³-hybridized carbons (Fsp3) is 0.263. The molecule has 18 nitrogen and oxygen atoms in total. The topological polar surface area (TPSA) is 254 Å².